The van der Waals surface area contributed by atoms with E-state index in [1.54, 1.807) is 7.11 Å². The number of nitrogens with one attached hydrogen (secondary N) is 1. The molecular formula is C27H38N2O2. The van der Waals surface area contributed by atoms with Crippen LogP contribution in [0.5, 0.6) is 5.75 Å². The smallest absolute Gasteiger partial charge is 0.223 e. The molecule has 0 radical (unpaired) electrons. The highest BCUT2D eigenvalue weighted by molar-refractivity contribution is 5.79. The molecule has 1 aliphatic heterocycles. The third-order valence-electron chi connectivity index (χ3n) is 6.68. The Morgan fingerprint density at radius 2 is 1.74 bits per heavy atom. The Kier molecular flexibility index (Phi) is 7.77. The number of likely N-dealkylation sites (tertiary alicyclic amines) is 1. The molecule has 1 atom stereocenters. The minimum atomic E-state index is -0.0131. The topological polar surface area (TPSA) is 41.6 Å². The number of ether oxygens (including phenoxy) is 1. The normalized spacial score (nSPS) is 16.4. The number of benzene rings is 2. The van der Waals surface area contributed by atoms with Gasteiger partial charge in [0.2, 0.25) is 5.91 Å². The lowest BCUT2D eigenvalue weighted by atomic mass is 9.92. The van der Waals surface area contributed by atoms with Crippen molar-refractivity contribution in [1.82, 2.24) is 10.2 Å². The van der Waals surface area contributed by atoms with Crippen LogP contribution in [0, 0.1) is 19.8 Å². The summed E-state index contributed by atoms with van der Waals surface area (Å²) >= 11 is 0. The monoisotopic (exact) mass is 422 g/mol. The number of hydrogen-bond acceptors (Lipinski definition) is 3. The summed E-state index contributed by atoms with van der Waals surface area (Å²) in [7, 11) is 1.72. The first-order chi connectivity index (χ1) is 14.8. The van der Waals surface area contributed by atoms with Crippen LogP contribution in [0.2, 0.25) is 0 Å². The maximum atomic E-state index is 13.0. The fourth-order valence-corrected chi connectivity index (χ4v) is 4.60. The zero-order valence-electron chi connectivity index (χ0n) is 20.0. The van der Waals surface area contributed by atoms with Gasteiger partial charge in [-0.15, -0.1) is 0 Å². The maximum absolute atomic E-state index is 13.0. The van der Waals surface area contributed by atoms with Crippen molar-refractivity contribution in [1.29, 1.82) is 0 Å². The number of rotatable bonds is 7. The molecular weight excluding hydrogens is 384 g/mol. The molecule has 1 heterocycles. The summed E-state index contributed by atoms with van der Waals surface area (Å²) in [4.78, 5) is 15.5. The fourth-order valence-electron chi connectivity index (χ4n) is 4.60. The minimum Gasteiger partial charge on any atom is -0.496 e. The number of carbonyl (C=O) groups excluding carboxylic acids is 1. The van der Waals surface area contributed by atoms with Crippen LogP contribution in [0.25, 0.3) is 0 Å². The van der Waals surface area contributed by atoms with E-state index in [0.717, 1.165) is 43.8 Å². The molecule has 1 aliphatic rings. The van der Waals surface area contributed by atoms with Gasteiger partial charge in [0.05, 0.1) is 13.2 Å². The summed E-state index contributed by atoms with van der Waals surface area (Å²) in [5.74, 6) is 1.58. The van der Waals surface area contributed by atoms with E-state index >= 15 is 0 Å². The number of amides is 1. The molecule has 168 valence electrons. The van der Waals surface area contributed by atoms with E-state index in [4.69, 9.17) is 4.74 Å². The van der Waals surface area contributed by atoms with Gasteiger partial charge in [-0.1, -0.05) is 38.1 Å². The third-order valence-corrected chi connectivity index (χ3v) is 6.68. The average Bonchev–Trinajstić information content (AvgIpc) is 2.75. The van der Waals surface area contributed by atoms with Crippen molar-refractivity contribution in [3.63, 3.8) is 0 Å². The van der Waals surface area contributed by atoms with Gasteiger partial charge in [-0.2, -0.15) is 0 Å². The van der Waals surface area contributed by atoms with Crippen LogP contribution in [0.4, 0.5) is 0 Å². The molecule has 3 rings (SSSR count). The zero-order valence-corrected chi connectivity index (χ0v) is 20.0. The first-order valence-electron chi connectivity index (χ1n) is 11.6. The van der Waals surface area contributed by atoms with Crippen LogP contribution in [0.1, 0.15) is 73.4 Å². The second kappa shape index (κ2) is 10.3. The molecule has 0 spiro atoms. The van der Waals surface area contributed by atoms with Gasteiger partial charge in [0.15, 0.2) is 0 Å². The summed E-state index contributed by atoms with van der Waals surface area (Å²) in [6.07, 6.45) is 1.84. The van der Waals surface area contributed by atoms with E-state index in [9.17, 15) is 4.79 Å². The molecule has 0 bridgehead atoms. The van der Waals surface area contributed by atoms with Crippen LogP contribution < -0.4 is 10.1 Å². The molecule has 4 nitrogen and oxygen atoms in total. The van der Waals surface area contributed by atoms with Crippen molar-refractivity contribution in [2.24, 2.45) is 5.92 Å². The summed E-state index contributed by atoms with van der Waals surface area (Å²) < 4.78 is 5.57. The van der Waals surface area contributed by atoms with Crippen molar-refractivity contribution in [3.05, 3.63) is 64.2 Å². The average molecular weight is 423 g/mol. The van der Waals surface area contributed by atoms with E-state index in [1.807, 2.05) is 0 Å². The van der Waals surface area contributed by atoms with Gasteiger partial charge in [0.25, 0.3) is 0 Å². The lowest BCUT2D eigenvalue weighted by Gasteiger charge is -2.32. The molecule has 1 N–H and O–H groups in total. The van der Waals surface area contributed by atoms with Gasteiger partial charge in [0, 0.05) is 12.5 Å². The number of carbonyl (C=O) groups is 1. The second-order valence-corrected chi connectivity index (χ2v) is 9.31. The Hall–Kier alpha value is -2.33. The van der Waals surface area contributed by atoms with Crippen LogP contribution in [0.3, 0.4) is 0 Å². The number of piperidine rings is 1. The minimum absolute atomic E-state index is 0.0131. The Labute approximate surface area is 188 Å². The predicted octanol–water partition coefficient (Wildman–Crippen LogP) is 5.52. The molecule has 4 heteroatoms. The highest BCUT2D eigenvalue weighted by atomic mass is 16.5. The standard InChI is InChI=1S/C27H38N2O2/c1-18(2)24-16-25(20(4)15-26(24)31-6)21(5)28-27(30)22-11-13-29(14-12-22)17-23-10-8-7-9-19(23)3/h7-10,15-16,18,21-22H,11-14,17H2,1-6H3,(H,28,30). The fraction of sp³-hybridized carbons (Fsp3) is 0.519. The molecule has 1 saturated heterocycles. The van der Waals surface area contributed by atoms with Gasteiger partial charge >= 0.3 is 0 Å². The van der Waals surface area contributed by atoms with Crippen LogP contribution >= 0.6 is 0 Å². The van der Waals surface area contributed by atoms with Crippen molar-refractivity contribution in [3.8, 4) is 5.75 Å². The molecule has 31 heavy (non-hydrogen) atoms. The van der Waals surface area contributed by atoms with E-state index in [1.165, 1.54) is 22.3 Å². The number of nitrogens with zero attached hydrogens (tertiary/aromatic N) is 1. The first-order valence-corrected chi connectivity index (χ1v) is 11.6. The van der Waals surface area contributed by atoms with Crippen LogP contribution in [-0.4, -0.2) is 31.0 Å². The largest absolute Gasteiger partial charge is 0.496 e. The molecule has 2 aromatic rings. The third kappa shape index (κ3) is 5.68. The van der Waals surface area contributed by atoms with E-state index < -0.39 is 0 Å². The van der Waals surface area contributed by atoms with Crippen LogP contribution in [0.15, 0.2) is 36.4 Å². The van der Waals surface area contributed by atoms with Crippen molar-refractivity contribution >= 4 is 5.91 Å². The number of aryl methyl sites for hydroxylation is 2. The summed E-state index contributed by atoms with van der Waals surface area (Å²) in [5, 5.41) is 3.29. The Morgan fingerprint density at radius 1 is 1.06 bits per heavy atom. The predicted molar refractivity (Wildman–Crippen MR) is 128 cm³/mol. The molecule has 0 aliphatic carbocycles. The van der Waals surface area contributed by atoms with Gasteiger partial charge in [-0.3, -0.25) is 9.69 Å². The van der Waals surface area contributed by atoms with E-state index in [0.29, 0.717) is 5.92 Å². The van der Waals surface area contributed by atoms with Crippen LogP contribution in [-0.2, 0) is 11.3 Å². The van der Waals surface area contributed by atoms with Gasteiger partial charge < -0.3 is 10.1 Å². The SMILES string of the molecule is COc1cc(C)c(C(C)NC(=O)C2CCN(Cc3ccccc3C)CC2)cc1C(C)C. The lowest BCUT2D eigenvalue weighted by Crippen LogP contribution is -2.41. The molecule has 1 amide bonds. The van der Waals surface area contributed by atoms with Gasteiger partial charge in [-0.05, 0) is 92.6 Å². The van der Waals surface area contributed by atoms with E-state index in [2.05, 4.69) is 81.2 Å². The summed E-state index contributed by atoms with van der Waals surface area (Å²) in [6, 6.07) is 12.9. The summed E-state index contributed by atoms with van der Waals surface area (Å²) in [6.45, 7) is 13.6. The highest BCUT2D eigenvalue weighted by Crippen LogP contribution is 2.32. The molecule has 1 unspecified atom stereocenters. The lowest BCUT2D eigenvalue weighted by molar-refractivity contribution is -0.127. The number of methoxy groups -OCH3 is 1. The van der Waals surface area contributed by atoms with Crippen molar-refractivity contribution < 1.29 is 9.53 Å². The van der Waals surface area contributed by atoms with E-state index in [-0.39, 0.29) is 17.9 Å². The molecule has 2 aromatic carbocycles. The molecule has 1 fully saturated rings. The summed E-state index contributed by atoms with van der Waals surface area (Å²) in [5.41, 5.74) is 6.24. The Bertz CT molecular complexity index is 898. The van der Waals surface area contributed by atoms with Crippen molar-refractivity contribution in [2.45, 2.75) is 66.0 Å². The van der Waals surface area contributed by atoms with Gasteiger partial charge in [0.1, 0.15) is 5.75 Å². The first kappa shape index (κ1) is 23.3. The molecule has 0 saturated carbocycles. The van der Waals surface area contributed by atoms with Gasteiger partial charge in [-0.25, -0.2) is 0 Å². The Balaban J connectivity index is 1.58. The molecule has 0 aromatic heterocycles. The Morgan fingerprint density at radius 3 is 2.35 bits per heavy atom. The quantitative estimate of drug-likeness (QED) is 0.638. The number of hydrogen-bond donors (Lipinski definition) is 1. The highest BCUT2D eigenvalue weighted by Gasteiger charge is 2.27. The maximum Gasteiger partial charge on any atom is 0.223 e. The second-order valence-electron chi connectivity index (χ2n) is 9.31. The zero-order chi connectivity index (χ0) is 22.5. The van der Waals surface area contributed by atoms with Crippen molar-refractivity contribution in [2.75, 3.05) is 20.2 Å².